The Bertz CT molecular complexity index is 943. The van der Waals surface area contributed by atoms with Crippen molar-refractivity contribution in [3.05, 3.63) is 56.3 Å². The van der Waals surface area contributed by atoms with Crippen LogP contribution >= 0.6 is 11.3 Å². The second-order valence-corrected chi connectivity index (χ2v) is 7.18. The summed E-state index contributed by atoms with van der Waals surface area (Å²) in [6.07, 6.45) is 0. The highest BCUT2D eigenvalue weighted by Crippen LogP contribution is 2.31. The third-order valence-corrected chi connectivity index (χ3v) is 5.37. The van der Waals surface area contributed by atoms with Crippen LogP contribution in [0.1, 0.15) is 17.4 Å². The van der Waals surface area contributed by atoms with Crippen molar-refractivity contribution in [1.82, 2.24) is 10.2 Å². The molecule has 1 aliphatic rings. The number of amides is 4. The number of anilines is 1. The molecular formula is C17H16N4O5S. The first-order valence-electron chi connectivity index (χ1n) is 7.95. The summed E-state index contributed by atoms with van der Waals surface area (Å²) in [6, 6.07) is 7.09. The van der Waals surface area contributed by atoms with Crippen LogP contribution in [0.5, 0.6) is 0 Å². The molecule has 3 rings (SSSR count). The molecule has 4 amide bonds. The van der Waals surface area contributed by atoms with Crippen LogP contribution in [0, 0.1) is 17.0 Å². The van der Waals surface area contributed by atoms with E-state index in [4.69, 9.17) is 0 Å². The lowest BCUT2D eigenvalue weighted by Gasteiger charge is -2.20. The maximum absolute atomic E-state index is 12.7. The van der Waals surface area contributed by atoms with Gasteiger partial charge in [0, 0.05) is 22.2 Å². The van der Waals surface area contributed by atoms with Gasteiger partial charge in [-0.3, -0.25) is 24.6 Å². The molecule has 1 aromatic heterocycles. The molecule has 2 heterocycles. The number of thiophene rings is 1. The van der Waals surface area contributed by atoms with E-state index in [-0.39, 0.29) is 11.4 Å². The average Bonchev–Trinajstić information content (AvgIpc) is 3.21. The molecule has 0 bridgehead atoms. The van der Waals surface area contributed by atoms with Crippen molar-refractivity contribution in [2.45, 2.75) is 19.4 Å². The first-order valence-corrected chi connectivity index (χ1v) is 8.83. The number of urea groups is 1. The first-order chi connectivity index (χ1) is 12.7. The van der Waals surface area contributed by atoms with Crippen LogP contribution in [0.3, 0.4) is 0 Å². The third-order valence-electron chi connectivity index (χ3n) is 4.28. The smallest absolute Gasteiger partial charge is 0.324 e. The monoisotopic (exact) mass is 388 g/mol. The Hall–Kier alpha value is -3.27. The van der Waals surface area contributed by atoms with Crippen LogP contribution in [-0.2, 0) is 15.1 Å². The Kier molecular flexibility index (Phi) is 4.66. The number of rotatable bonds is 5. The number of carbonyl (C=O) groups is 3. The molecular weight excluding hydrogens is 372 g/mol. The average molecular weight is 388 g/mol. The summed E-state index contributed by atoms with van der Waals surface area (Å²) in [4.78, 5) is 49.1. The first kappa shape index (κ1) is 18.5. The third kappa shape index (κ3) is 3.38. The lowest BCUT2D eigenvalue weighted by atomic mass is 10.0. The standard InChI is InChI=1S/C17H16N4O5S/c1-10-5-6-11(8-12(10)21(25)26)18-14(22)9-20-15(23)17(2,19-16(20)24)13-4-3-7-27-13/h3-8H,9H2,1-2H3,(H,18,22)(H,19,24). The Morgan fingerprint density at radius 2 is 2.11 bits per heavy atom. The van der Waals surface area contributed by atoms with Crippen molar-refractivity contribution in [3.63, 3.8) is 0 Å². The van der Waals surface area contributed by atoms with E-state index in [1.165, 1.54) is 29.5 Å². The fraction of sp³-hybridized carbons (Fsp3) is 0.235. The number of nitrogens with one attached hydrogen (secondary N) is 2. The molecule has 1 aromatic carbocycles. The predicted molar refractivity (Wildman–Crippen MR) is 98.4 cm³/mol. The number of hydrogen-bond acceptors (Lipinski definition) is 6. The summed E-state index contributed by atoms with van der Waals surface area (Å²) in [7, 11) is 0. The van der Waals surface area contributed by atoms with Crippen molar-refractivity contribution >= 4 is 40.6 Å². The number of hydrogen-bond donors (Lipinski definition) is 2. The minimum Gasteiger partial charge on any atom is -0.324 e. The lowest BCUT2D eigenvalue weighted by Crippen LogP contribution is -2.41. The summed E-state index contributed by atoms with van der Waals surface area (Å²) in [6.45, 7) is 2.68. The van der Waals surface area contributed by atoms with Gasteiger partial charge in [-0.05, 0) is 31.4 Å². The van der Waals surface area contributed by atoms with Crippen LogP contribution in [0.4, 0.5) is 16.2 Å². The maximum atomic E-state index is 12.7. The van der Waals surface area contributed by atoms with Crippen molar-refractivity contribution in [1.29, 1.82) is 0 Å². The number of aryl methyl sites for hydroxylation is 1. The number of carbonyl (C=O) groups excluding carboxylic acids is 3. The molecule has 9 nitrogen and oxygen atoms in total. The molecule has 1 unspecified atom stereocenters. The van der Waals surface area contributed by atoms with Gasteiger partial charge in [0.25, 0.3) is 11.6 Å². The van der Waals surface area contributed by atoms with E-state index in [2.05, 4.69) is 10.6 Å². The normalized spacial score (nSPS) is 19.1. The molecule has 0 spiro atoms. The Morgan fingerprint density at radius 3 is 2.74 bits per heavy atom. The molecule has 2 N–H and O–H groups in total. The number of nitrogens with zero attached hydrogens (tertiary/aromatic N) is 2. The van der Waals surface area contributed by atoms with Crippen molar-refractivity contribution < 1.29 is 19.3 Å². The highest BCUT2D eigenvalue weighted by Gasteiger charge is 2.50. The number of nitro groups is 1. The van der Waals surface area contributed by atoms with E-state index in [9.17, 15) is 24.5 Å². The molecule has 2 aromatic rings. The van der Waals surface area contributed by atoms with Crippen molar-refractivity contribution in [2.24, 2.45) is 0 Å². The Balaban J connectivity index is 1.73. The van der Waals surface area contributed by atoms with Gasteiger partial charge in [0.15, 0.2) is 5.54 Å². The van der Waals surface area contributed by atoms with Gasteiger partial charge >= 0.3 is 6.03 Å². The fourth-order valence-electron chi connectivity index (χ4n) is 2.80. The topological polar surface area (TPSA) is 122 Å². The zero-order chi connectivity index (χ0) is 19.8. The van der Waals surface area contributed by atoms with E-state index in [1.807, 2.05) is 0 Å². The molecule has 1 atom stereocenters. The zero-order valence-electron chi connectivity index (χ0n) is 14.5. The van der Waals surface area contributed by atoms with Crippen LogP contribution < -0.4 is 10.6 Å². The molecule has 0 saturated carbocycles. The predicted octanol–water partition coefficient (Wildman–Crippen LogP) is 2.37. The Labute approximate surface area is 158 Å². The van der Waals surface area contributed by atoms with E-state index >= 15 is 0 Å². The molecule has 10 heteroatoms. The van der Waals surface area contributed by atoms with Gasteiger partial charge in [-0.1, -0.05) is 12.1 Å². The minimum atomic E-state index is -1.21. The summed E-state index contributed by atoms with van der Waals surface area (Å²) < 4.78 is 0. The summed E-state index contributed by atoms with van der Waals surface area (Å²) >= 11 is 1.33. The van der Waals surface area contributed by atoms with Gasteiger partial charge < -0.3 is 10.6 Å². The summed E-state index contributed by atoms with van der Waals surface area (Å²) in [5.74, 6) is -1.16. The van der Waals surface area contributed by atoms with Crippen LogP contribution in [0.25, 0.3) is 0 Å². The zero-order valence-corrected chi connectivity index (χ0v) is 15.3. The molecule has 1 saturated heterocycles. The molecule has 0 aliphatic carbocycles. The van der Waals surface area contributed by atoms with Crippen LogP contribution in [0.15, 0.2) is 35.7 Å². The van der Waals surface area contributed by atoms with Gasteiger partial charge in [-0.25, -0.2) is 4.79 Å². The highest BCUT2D eigenvalue weighted by molar-refractivity contribution is 7.10. The maximum Gasteiger partial charge on any atom is 0.325 e. The largest absolute Gasteiger partial charge is 0.325 e. The van der Waals surface area contributed by atoms with Gasteiger partial charge in [-0.2, -0.15) is 0 Å². The van der Waals surface area contributed by atoms with Crippen LogP contribution in [0.2, 0.25) is 0 Å². The number of nitro benzene ring substituents is 1. The van der Waals surface area contributed by atoms with Gasteiger partial charge in [-0.15, -0.1) is 11.3 Å². The second kappa shape index (κ2) is 6.80. The number of benzene rings is 1. The van der Waals surface area contributed by atoms with Gasteiger partial charge in [0.2, 0.25) is 5.91 Å². The van der Waals surface area contributed by atoms with E-state index < -0.39 is 34.9 Å². The molecule has 27 heavy (non-hydrogen) atoms. The van der Waals surface area contributed by atoms with E-state index in [0.29, 0.717) is 10.4 Å². The van der Waals surface area contributed by atoms with Gasteiger partial charge in [0.05, 0.1) is 4.92 Å². The molecule has 140 valence electrons. The van der Waals surface area contributed by atoms with Crippen molar-refractivity contribution in [3.8, 4) is 0 Å². The molecule has 0 radical (unpaired) electrons. The minimum absolute atomic E-state index is 0.131. The molecule has 1 fully saturated rings. The second-order valence-electron chi connectivity index (χ2n) is 6.23. The van der Waals surface area contributed by atoms with E-state index in [1.54, 1.807) is 31.4 Å². The SMILES string of the molecule is Cc1ccc(NC(=O)CN2C(=O)NC(C)(c3cccs3)C2=O)cc1[N+](=O)[O-]. The fourth-order valence-corrected chi connectivity index (χ4v) is 3.63. The quantitative estimate of drug-likeness (QED) is 0.463. The van der Waals surface area contributed by atoms with Gasteiger partial charge in [0.1, 0.15) is 6.54 Å². The number of imide groups is 1. The summed E-state index contributed by atoms with van der Waals surface area (Å²) in [5.41, 5.74) is -0.675. The van der Waals surface area contributed by atoms with E-state index in [0.717, 1.165) is 4.90 Å². The lowest BCUT2D eigenvalue weighted by molar-refractivity contribution is -0.385. The molecule has 1 aliphatic heterocycles. The van der Waals surface area contributed by atoms with Crippen LogP contribution in [-0.4, -0.2) is 34.2 Å². The Morgan fingerprint density at radius 1 is 1.37 bits per heavy atom. The summed E-state index contributed by atoms with van der Waals surface area (Å²) in [5, 5.41) is 17.9. The van der Waals surface area contributed by atoms with Crippen molar-refractivity contribution in [2.75, 3.05) is 11.9 Å². The highest BCUT2D eigenvalue weighted by atomic mass is 32.1.